The summed E-state index contributed by atoms with van der Waals surface area (Å²) in [5.41, 5.74) is -0.0960. The Bertz CT molecular complexity index is 1260. The summed E-state index contributed by atoms with van der Waals surface area (Å²) in [6.07, 6.45) is -3.43. The molecule has 0 saturated heterocycles. The summed E-state index contributed by atoms with van der Waals surface area (Å²) in [6, 6.07) is 8.88. The summed E-state index contributed by atoms with van der Waals surface area (Å²) in [4.78, 5) is 27.4. The minimum absolute atomic E-state index is 0.0253. The first-order chi connectivity index (χ1) is 15.9. The number of nitrogens with one attached hydrogen (secondary N) is 1. The third-order valence-electron chi connectivity index (χ3n) is 5.29. The molecule has 1 aromatic heterocycles. The highest BCUT2D eigenvalue weighted by atomic mass is 35.5. The predicted octanol–water partition coefficient (Wildman–Crippen LogP) is 6.61. The number of carbonyl (C=O) groups is 1. The van der Waals surface area contributed by atoms with Gasteiger partial charge in [-0.1, -0.05) is 43.6 Å². The topological polar surface area (TPSA) is 54.3 Å². The van der Waals surface area contributed by atoms with Gasteiger partial charge in [-0.15, -0.1) is 0 Å². The zero-order chi connectivity index (χ0) is 25.2. The van der Waals surface area contributed by atoms with E-state index in [0.29, 0.717) is 15.5 Å². The summed E-state index contributed by atoms with van der Waals surface area (Å²) in [5, 5.41) is 3.10. The number of carbonyl (C=O) groups excluding carboxylic acids is 1. The second-order valence-corrected chi connectivity index (χ2v) is 8.87. The Hall–Kier alpha value is -3.07. The van der Waals surface area contributed by atoms with Crippen LogP contribution in [-0.4, -0.2) is 28.2 Å². The summed E-state index contributed by atoms with van der Waals surface area (Å²) in [6.45, 7) is 4.30. The van der Waals surface area contributed by atoms with Crippen molar-refractivity contribution in [2.75, 3.05) is 11.9 Å². The number of aromatic nitrogens is 1. The Balaban J connectivity index is 2.06. The number of amides is 2. The number of rotatable bonds is 6. The Kier molecular flexibility index (Phi) is 7.55. The maximum atomic E-state index is 13.5. The standard InChI is InChI=1S/C24H24ClF4N3O2/c1-14(2)11-32(23(34)30-16-8-9-21(26)20(25)10-16)15(3)19-12-31(13-24(27,28)29)22(33)18-7-5-4-6-17(18)19/h4-10,12,14-15H,11,13H2,1-3H3,(H,30,34)/t15-/m0/s1. The lowest BCUT2D eigenvalue weighted by atomic mass is 10.0. The van der Waals surface area contributed by atoms with Crippen molar-refractivity contribution in [1.82, 2.24) is 9.47 Å². The number of nitrogens with zero attached hydrogens (tertiary/aromatic N) is 2. The maximum Gasteiger partial charge on any atom is 0.406 e. The van der Waals surface area contributed by atoms with Crippen molar-refractivity contribution < 1.29 is 22.4 Å². The molecule has 0 aliphatic rings. The number of hydrogen-bond acceptors (Lipinski definition) is 2. The minimum Gasteiger partial charge on any atom is -0.317 e. The van der Waals surface area contributed by atoms with E-state index >= 15 is 0 Å². The van der Waals surface area contributed by atoms with Crippen molar-refractivity contribution >= 4 is 34.1 Å². The van der Waals surface area contributed by atoms with Crippen molar-refractivity contribution in [2.24, 2.45) is 5.92 Å². The Labute approximate surface area is 198 Å². The molecule has 2 aromatic carbocycles. The van der Waals surface area contributed by atoms with Crippen LogP contribution in [0.2, 0.25) is 5.02 Å². The van der Waals surface area contributed by atoms with E-state index in [2.05, 4.69) is 5.32 Å². The van der Waals surface area contributed by atoms with Gasteiger partial charge in [0.25, 0.3) is 5.56 Å². The van der Waals surface area contributed by atoms with E-state index in [1.54, 1.807) is 25.1 Å². The van der Waals surface area contributed by atoms with Crippen molar-refractivity contribution in [1.29, 1.82) is 0 Å². The van der Waals surface area contributed by atoms with Gasteiger partial charge in [-0.3, -0.25) is 4.79 Å². The maximum absolute atomic E-state index is 13.5. The third kappa shape index (κ3) is 5.88. The van der Waals surface area contributed by atoms with E-state index in [-0.39, 0.29) is 28.6 Å². The van der Waals surface area contributed by atoms with E-state index in [4.69, 9.17) is 11.6 Å². The fourth-order valence-electron chi connectivity index (χ4n) is 3.76. The molecule has 0 unspecified atom stereocenters. The summed E-state index contributed by atoms with van der Waals surface area (Å²) in [5.74, 6) is -0.609. The second-order valence-electron chi connectivity index (χ2n) is 8.46. The molecule has 10 heteroatoms. The van der Waals surface area contributed by atoms with Crippen LogP contribution >= 0.6 is 11.6 Å². The number of fused-ring (bicyclic) bond motifs is 1. The van der Waals surface area contributed by atoms with Crippen molar-refractivity contribution in [3.05, 3.63) is 75.4 Å². The van der Waals surface area contributed by atoms with E-state index in [9.17, 15) is 27.2 Å². The molecule has 182 valence electrons. The van der Waals surface area contributed by atoms with Crippen molar-refractivity contribution in [3.8, 4) is 0 Å². The average molecular weight is 498 g/mol. The van der Waals surface area contributed by atoms with Crippen LogP contribution in [-0.2, 0) is 6.54 Å². The highest BCUT2D eigenvalue weighted by Crippen LogP contribution is 2.29. The Morgan fingerprint density at radius 2 is 1.76 bits per heavy atom. The molecule has 3 aromatic rings. The van der Waals surface area contributed by atoms with Gasteiger partial charge in [0.05, 0.1) is 11.1 Å². The number of anilines is 1. The van der Waals surface area contributed by atoms with Crippen LogP contribution in [0.15, 0.2) is 53.5 Å². The van der Waals surface area contributed by atoms with Crippen LogP contribution in [0.4, 0.5) is 28.0 Å². The molecule has 0 aliphatic carbocycles. The first-order valence-corrected chi connectivity index (χ1v) is 11.0. The SMILES string of the molecule is CC(C)CN(C(=O)Nc1ccc(F)c(Cl)c1)[C@@H](C)c1cn(CC(F)(F)F)c(=O)c2ccccc12. The molecule has 0 aliphatic heterocycles. The van der Waals surface area contributed by atoms with Crippen molar-refractivity contribution in [3.63, 3.8) is 0 Å². The monoisotopic (exact) mass is 497 g/mol. The normalized spacial score (nSPS) is 12.7. The van der Waals surface area contributed by atoms with Crippen LogP contribution in [0.3, 0.4) is 0 Å². The molecule has 0 bridgehead atoms. The van der Waals surface area contributed by atoms with Gasteiger partial charge in [0.15, 0.2) is 0 Å². The van der Waals surface area contributed by atoms with Gasteiger partial charge in [0.2, 0.25) is 0 Å². The Morgan fingerprint density at radius 3 is 2.35 bits per heavy atom. The first kappa shape index (κ1) is 25.6. The number of urea groups is 1. The summed E-state index contributed by atoms with van der Waals surface area (Å²) >= 11 is 5.81. The molecule has 0 fully saturated rings. The molecular weight excluding hydrogens is 474 g/mol. The molecular formula is C24H24ClF4N3O2. The fraction of sp³-hybridized carbons (Fsp3) is 0.333. The van der Waals surface area contributed by atoms with Gasteiger partial charge in [-0.2, -0.15) is 13.2 Å². The quantitative estimate of drug-likeness (QED) is 0.390. The number of alkyl halides is 3. The molecule has 0 radical (unpaired) electrons. The molecule has 34 heavy (non-hydrogen) atoms. The number of hydrogen-bond donors (Lipinski definition) is 1. The van der Waals surface area contributed by atoms with Crippen LogP contribution in [0, 0.1) is 11.7 Å². The molecule has 1 N–H and O–H groups in total. The van der Waals surface area contributed by atoms with Gasteiger partial charge in [-0.05, 0) is 48.1 Å². The predicted molar refractivity (Wildman–Crippen MR) is 125 cm³/mol. The molecule has 3 rings (SSSR count). The van der Waals surface area contributed by atoms with E-state index < -0.39 is 36.2 Å². The lowest BCUT2D eigenvalue weighted by molar-refractivity contribution is -0.141. The smallest absolute Gasteiger partial charge is 0.317 e. The van der Waals surface area contributed by atoms with E-state index in [1.807, 2.05) is 13.8 Å². The molecule has 1 atom stereocenters. The number of halogens is 5. The molecule has 0 spiro atoms. The zero-order valence-electron chi connectivity index (χ0n) is 18.8. The number of pyridine rings is 1. The van der Waals surface area contributed by atoms with Crippen molar-refractivity contribution in [2.45, 2.75) is 39.5 Å². The van der Waals surface area contributed by atoms with Gasteiger partial charge in [0.1, 0.15) is 12.4 Å². The van der Waals surface area contributed by atoms with Gasteiger partial charge < -0.3 is 14.8 Å². The lowest BCUT2D eigenvalue weighted by Gasteiger charge is -2.32. The van der Waals surface area contributed by atoms with E-state index in [0.717, 1.165) is 12.3 Å². The Morgan fingerprint density at radius 1 is 1.12 bits per heavy atom. The fourth-order valence-corrected chi connectivity index (χ4v) is 3.94. The molecule has 5 nitrogen and oxygen atoms in total. The average Bonchev–Trinajstić information content (AvgIpc) is 2.75. The molecule has 1 heterocycles. The van der Waals surface area contributed by atoms with Crippen LogP contribution in [0.25, 0.3) is 10.8 Å². The van der Waals surface area contributed by atoms with Crippen LogP contribution < -0.4 is 10.9 Å². The summed E-state index contributed by atoms with van der Waals surface area (Å²) < 4.78 is 53.5. The molecule has 2 amide bonds. The van der Waals surface area contributed by atoms with Gasteiger partial charge in [-0.25, -0.2) is 9.18 Å². The number of benzene rings is 2. The largest absolute Gasteiger partial charge is 0.406 e. The summed E-state index contributed by atoms with van der Waals surface area (Å²) in [7, 11) is 0. The lowest BCUT2D eigenvalue weighted by Crippen LogP contribution is -2.40. The van der Waals surface area contributed by atoms with Gasteiger partial charge >= 0.3 is 12.2 Å². The van der Waals surface area contributed by atoms with Crippen LogP contribution in [0.1, 0.15) is 32.4 Å². The third-order valence-corrected chi connectivity index (χ3v) is 5.57. The zero-order valence-corrected chi connectivity index (χ0v) is 19.5. The molecule has 0 saturated carbocycles. The first-order valence-electron chi connectivity index (χ1n) is 10.6. The minimum atomic E-state index is -4.59. The second kappa shape index (κ2) is 10.0. The highest BCUT2D eigenvalue weighted by molar-refractivity contribution is 6.31. The highest BCUT2D eigenvalue weighted by Gasteiger charge is 2.30. The van der Waals surface area contributed by atoms with Gasteiger partial charge in [0, 0.05) is 23.8 Å². The van der Waals surface area contributed by atoms with Crippen LogP contribution in [0.5, 0.6) is 0 Å². The van der Waals surface area contributed by atoms with E-state index in [1.165, 1.54) is 23.1 Å².